The van der Waals surface area contributed by atoms with E-state index in [4.69, 9.17) is 9.47 Å². The topological polar surface area (TPSA) is 59.9 Å². The molecule has 0 aliphatic carbocycles. The van der Waals surface area contributed by atoms with Crippen LogP contribution in [0.3, 0.4) is 0 Å². The van der Waals surface area contributed by atoms with Crippen LogP contribution < -0.4 is 14.9 Å². The average Bonchev–Trinajstić information content (AvgIpc) is 2.72. The monoisotopic (exact) mass is 296 g/mol. The summed E-state index contributed by atoms with van der Waals surface area (Å²) >= 11 is 0. The molecule has 0 fully saturated rings. The van der Waals surface area contributed by atoms with E-state index in [-0.39, 0.29) is 12.3 Å². The Kier molecular flexibility index (Phi) is 3.78. The predicted octanol–water partition coefficient (Wildman–Crippen LogP) is 2.13. The molecule has 1 N–H and O–H groups in total. The molecular weight excluding hydrogens is 280 g/mol. The van der Waals surface area contributed by atoms with E-state index in [9.17, 15) is 4.79 Å². The van der Waals surface area contributed by atoms with Crippen molar-refractivity contribution >= 4 is 11.6 Å². The largest absolute Gasteiger partial charge is 0.493 e. The van der Waals surface area contributed by atoms with E-state index >= 15 is 0 Å². The SMILES string of the molecule is COc1cc2c(cc1OC)C(c1ccccc1)=NNC(=O)C2. The molecule has 0 aromatic heterocycles. The Labute approximate surface area is 128 Å². The van der Waals surface area contributed by atoms with E-state index in [0.29, 0.717) is 17.2 Å². The van der Waals surface area contributed by atoms with Crippen LogP contribution >= 0.6 is 0 Å². The van der Waals surface area contributed by atoms with E-state index in [2.05, 4.69) is 10.5 Å². The van der Waals surface area contributed by atoms with Crippen LogP contribution in [-0.2, 0) is 11.2 Å². The Hall–Kier alpha value is -2.82. The van der Waals surface area contributed by atoms with E-state index < -0.39 is 0 Å². The van der Waals surface area contributed by atoms with Gasteiger partial charge in [0.25, 0.3) is 0 Å². The number of methoxy groups -OCH3 is 2. The summed E-state index contributed by atoms with van der Waals surface area (Å²) in [6.45, 7) is 0. The molecule has 0 saturated heterocycles. The Morgan fingerprint density at radius 1 is 1.05 bits per heavy atom. The number of benzene rings is 2. The van der Waals surface area contributed by atoms with E-state index in [1.54, 1.807) is 14.2 Å². The first kappa shape index (κ1) is 14.1. The van der Waals surface area contributed by atoms with Gasteiger partial charge in [-0.3, -0.25) is 4.79 Å². The van der Waals surface area contributed by atoms with Crippen molar-refractivity contribution < 1.29 is 14.3 Å². The van der Waals surface area contributed by atoms with Crippen molar-refractivity contribution in [2.75, 3.05) is 14.2 Å². The number of hydrogen-bond acceptors (Lipinski definition) is 4. The van der Waals surface area contributed by atoms with Gasteiger partial charge in [0.05, 0.1) is 26.4 Å². The third kappa shape index (κ3) is 2.53. The zero-order chi connectivity index (χ0) is 15.5. The first-order chi connectivity index (χ1) is 10.7. The van der Waals surface area contributed by atoms with E-state index in [1.807, 2.05) is 42.5 Å². The summed E-state index contributed by atoms with van der Waals surface area (Å²) in [4.78, 5) is 11.9. The second kappa shape index (κ2) is 5.89. The van der Waals surface area contributed by atoms with Gasteiger partial charge in [-0.1, -0.05) is 30.3 Å². The average molecular weight is 296 g/mol. The van der Waals surface area contributed by atoms with Crippen LogP contribution in [0.15, 0.2) is 47.6 Å². The van der Waals surface area contributed by atoms with Gasteiger partial charge >= 0.3 is 0 Å². The number of hydrogen-bond donors (Lipinski definition) is 1. The third-order valence-corrected chi connectivity index (χ3v) is 3.56. The molecule has 1 aliphatic rings. The Morgan fingerprint density at radius 2 is 1.73 bits per heavy atom. The van der Waals surface area contributed by atoms with Gasteiger partial charge in [-0.2, -0.15) is 5.10 Å². The van der Waals surface area contributed by atoms with Crippen LogP contribution in [-0.4, -0.2) is 25.8 Å². The molecular formula is C17H16N2O3. The second-order valence-electron chi connectivity index (χ2n) is 4.90. The number of fused-ring (bicyclic) bond motifs is 1. The van der Waals surface area contributed by atoms with Gasteiger partial charge in [-0.25, -0.2) is 5.43 Å². The summed E-state index contributed by atoms with van der Waals surface area (Å²) in [5.74, 6) is 1.06. The summed E-state index contributed by atoms with van der Waals surface area (Å²) in [7, 11) is 3.16. The molecule has 112 valence electrons. The van der Waals surface area contributed by atoms with E-state index in [1.165, 1.54) is 0 Å². The van der Waals surface area contributed by atoms with Gasteiger partial charge in [0, 0.05) is 11.1 Å². The van der Waals surface area contributed by atoms with Crippen LogP contribution in [0, 0.1) is 0 Å². The Balaban J connectivity index is 2.20. The summed E-state index contributed by atoms with van der Waals surface area (Å²) in [5.41, 5.74) is 5.94. The number of carbonyl (C=O) groups excluding carboxylic acids is 1. The fourth-order valence-electron chi connectivity index (χ4n) is 2.49. The zero-order valence-electron chi connectivity index (χ0n) is 12.4. The van der Waals surface area contributed by atoms with Crippen molar-refractivity contribution in [2.45, 2.75) is 6.42 Å². The first-order valence-corrected chi connectivity index (χ1v) is 6.90. The smallest absolute Gasteiger partial charge is 0.244 e. The molecule has 0 atom stereocenters. The minimum absolute atomic E-state index is 0.153. The van der Waals surface area contributed by atoms with Gasteiger partial charge < -0.3 is 9.47 Å². The molecule has 0 spiro atoms. The molecule has 5 nitrogen and oxygen atoms in total. The summed E-state index contributed by atoms with van der Waals surface area (Å²) in [6, 6.07) is 13.4. The number of amides is 1. The van der Waals surface area contributed by atoms with Gasteiger partial charge in [0.15, 0.2) is 11.5 Å². The summed E-state index contributed by atoms with van der Waals surface area (Å²) in [5, 5.41) is 4.27. The highest BCUT2D eigenvalue weighted by Gasteiger charge is 2.21. The lowest BCUT2D eigenvalue weighted by molar-refractivity contribution is -0.120. The third-order valence-electron chi connectivity index (χ3n) is 3.56. The highest BCUT2D eigenvalue weighted by atomic mass is 16.5. The molecule has 22 heavy (non-hydrogen) atoms. The maximum atomic E-state index is 11.9. The van der Waals surface area contributed by atoms with Crippen LogP contribution in [0.5, 0.6) is 11.5 Å². The predicted molar refractivity (Wildman–Crippen MR) is 83.5 cm³/mol. The molecule has 0 saturated carbocycles. The van der Waals surface area contributed by atoms with Crippen molar-refractivity contribution in [1.82, 2.24) is 5.43 Å². The van der Waals surface area contributed by atoms with Crippen LogP contribution in [0.1, 0.15) is 16.7 Å². The Morgan fingerprint density at radius 3 is 2.41 bits per heavy atom. The summed E-state index contributed by atoms with van der Waals surface area (Å²) in [6.07, 6.45) is 0.246. The number of nitrogens with zero attached hydrogens (tertiary/aromatic N) is 1. The van der Waals surface area contributed by atoms with Crippen LogP contribution in [0.25, 0.3) is 0 Å². The lowest BCUT2D eigenvalue weighted by Crippen LogP contribution is -2.18. The number of hydrazone groups is 1. The molecule has 2 aromatic rings. The van der Waals surface area contributed by atoms with Gasteiger partial charge in [-0.15, -0.1) is 0 Å². The number of rotatable bonds is 3. The second-order valence-corrected chi connectivity index (χ2v) is 4.90. The molecule has 0 unspecified atom stereocenters. The molecule has 5 heteroatoms. The fourth-order valence-corrected chi connectivity index (χ4v) is 2.49. The lowest BCUT2D eigenvalue weighted by atomic mass is 9.95. The normalized spacial score (nSPS) is 13.5. The zero-order valence-corrected chi connectivity index (χ0v) is 12.4. The molecule has 1 amide bonds. The minimum atomic E-state index is -0.153. The maximum Gasteiger partial charge on any atom is 0.244 e. The highest BCUT2D eigenvalue weighted by Crippen LogP contribution is 2.32. The molecule has 0 radical (unpaired) electrons. The van der Waals surface area contributed by atoms with Crippen LogP contribution in [0.4, 0.5) is 0 Å². The number of carbonyl (C=O) groups is 1. The fraction of sp³-hybridized carbons (Fsp3) is 0.176. The maximum absolute atomic E-state index is 11.9. The first-order valence-electron chi connectivity index (χ1n) is 6.90. The van der Waals surface area contributed by atoms with Gasteiger partial charge in [0.2, 0.25) is 5.91 Å². The summed E-state index contributed by atoms with van der Waals surface area (Å²) < 4.78 is 10.7. The molecule has 1 aliphatic heterocycles. The number of ether oxygens (including phenoxy) is 2. The van der Waals surface area contributed by atoms with Crippen molar-refractivity contribution in [3.05, 3.63) is 59.2 Å². The van der Waals surface area contributed by atoms with Crippen molar-refractivity contribution in [3.63, 3.8) is 0 Å². The van der Waals surface area contributed by atoms with Crippen molar-refractivity contribution in [1.29, 1.82) is 0 Å². The van der Waals surface area contributed by atoms with Gasteiger partial charge in [0.1, 0.15) is 0 Å². The Bertz CT molecular complexity index is 739. The minimum Gasteiger partial charge on any atom is -0.493 e. The van der Waals surface area contributed by atoms with E-state index in [0.717, 1.165) is 16.7 Å². The molecule has 1 heterocycles. The van der Waals surface area contributed by atoms with Crippen molar-refractivity contribution in [2.24, 2.45) is 5.10 Å². The number of nitrogens with one attached hydrogen (secondary N) is 1. The van der Waals surface area contributed by atoms with Crippen molar-refractivity contribution in [3.8, 4) is 11.5 Å². The lowest BCUT2D eigenvalue weighted by Gasteiger charge is -2.14. The highest BCUT2D eigenvalue weighted by molar-refractivity contribution is 6.15. The quantitative estimate of drug-likeness (QED) is 0.944. The molecule has 3 rings (SSSR count). The van der Waals surface area contributed by atoms with Crippen LogP contribution in [0.2, 0.25) is 0 Å². The van der Waals surface area contributed by atoms with Gasteiger partial charge in [-0.05, 0) is 17.7 Å². The molecule has 2 aromatic carbocycles. The standard InChI is InChI=1S/C17H16N2O3/c1-21-14-8-12-9-16(20)18-19-17(11-6-4-3-5-7-11)13(12)10-15(14)22-2/h3-8,10H,9H2,1-2H3,(H,18,20). The molecule has 0 bridgehead atoms.